The number of hydrogen-bond donors (Lipinski definition) is 2. The molecule has 8 heteroatoms. The van der Waals surface area contributed by atoms with Gasteiger partial charge in [0.2, 0.25) is 5.91 Å². The zero-order valence-corrected chi connectivity index (χ0v) is 12.5. The van der Waals surface area contributed by atoms with Crippen LogP contribution >= 0.6 is 11.6 Å². The lowest BCUT2D eigenvalue weighted by Gasteiger charge is -2.19. The van der Waals surface area contributed by atoms with Gasteiger partial charge in [-0.2, -0.15) is 0 Å². The Kier molecular flexibility index (Phi) is 4.32. The van der Waals surface area contributed by atoms with Crippen LogP contribution in [-0.4, -0.2) is 52.3 Å². The van der Waals surface area contributed by atoms with Crippen molar-refractivity contribution in [3.63, 3.8) is 0 Å². The first kappa shape index (κ1) is 15.1. The van der Waals surface area contributed by atoms with E-state index in [-0.39, 0.29) is 12.5 Å². The second-order valence-corrected chi connectivity index (χ2v) is 5.23. The molecule has 0 spiro atoms. The molecule has 3 N–H and O–H groups in total. The molecule has 0 aliphatic carbocycles. The maximum atomic E-state index is 11.9. The van der Waals surface area contributed by atoms with Crippen molar-refractivity contribution < 1.29 is 9.59 Å². The summed E-state index contributed by atoms with van der Waals surface area (Å²) in [7, 11) is 3.11. The Bertz CT molecular complexity index is 684. The molecule has 1 aromatic heterocycles. The van der Waals surface area contributed by atoms with E-state index in [9.17, 15) is 9.59 Å². The highest BCUT2D eigenvalue weighted by Gasteiger charge is 2.15. The fraction of sp³-hybridized carbons (Fsp3) is 0.308. The normalized spacial score (nSPS) is 10.6. The maximum Gasteiger partial charge on any atom is 0.314 e. The molecule has 2 aromatic rings. The number of rotatable bonds is 4. The number of nitrogens with two attached hydrogens (primary N) is 1. The van der Waals surface area contributed by atoms with Gasteiger partial charge in [-0.25, -0.2) is 9.78 Å². The summed E-state index contributed by atoms with van der Waals surface area (Å²) >= 11 is 5.91. The first-order valence-electron chi connectivity index (χ1n) is 6.25. The van der Waals surface area contributed by atoms with Crippen molar-refractivity contribution in [1.82, 2.24) is 19.8 Å². The highest BCUT2D eigenvalue weighted by Crippen LogP contribution is 2.17. The van der Waals surface area contributed by atoms with E-state index in [4.69, 9.17) is 17.3 Å². The number of aromatic amines is 1. The average molecular weight is 310 g/mol. The lowest BCUT2D eigenvalue weighted by Crippen LogP contribution is -2.41. The van der Waals surface area contributed by atoms with Crippen molar-refractivity contribution in [2.75, 3.05) is 20.6 Å². The minimum atomic E-state index is -0.643. The van der Waals surface area contributed by atoms with Crippen LogP contribution in [0, 0.1) is 0 Å². The number of amides is 3. The van der Waals surface area contributed by atoms with Gasteiger partial charge < -0.3 is 20.5 Å². The summed E-state index contributed by atoms with van der Waals surface area (Å²) in [5, 5.41) is 0.616. The summed E-state index contributed by atoms with van der Waals surface area (Å²) < 4.78 is 0. The Balaban J connectivity index is 2.05. The highest BCUT2D eigenvalue weighted by molar-refractivity contribution is 6.31. The number of benzene rings is 1. The molecule has 112 valence electrons. The number of halogens is 1. The molecule has 0 fully saturated rings. The Morgan fingerprint density at radius 3 is 2.71 bits per heavy atom. The van der Waals surface area contributed by atoms with Gasteiger partial charge in [0.1, 0.15) is 12.4 Å². The predicted molar refractivity (Wildman–Crippen MR) is 79.8 cm³/mol. The van der Waals surface area contributed by atoms with Gasteiger partial charge in [-0.3, -0.25) is 4.79 Å². The minimum Gasteiger partial charge on any atom is -0.351 e. The molecule has 0 aliphatic heterocycles. The molecule has 7 nitrogen and oxygen atoms in total. The molecule has 0 saturated carbocycles. The van der Waals surface area contributed by atoms with Crippen LogP contribution in [0.3, 0.4) is 0 Å². The quantitative estimate of drug-likeness (QED) is 0.888. The summed E-state index contributed by atoms with van der Waals surface area (Å²) in [4.78, 5) is 33.0. The summed E-state index contributed by atoms with van der Waals surface area (Å²) in [6, 6.07) is 4.69. The van der Waals surface area contributed by atoms with Gasteiger partial charge in [0.05, 0.1) is 17.6 Å². The van der Waals surface area contributed by atoms with Crippen LogP contribution in [0.4, 0.5) is 4.79 Å². The third-order valence-corrected chi connectivity index (χ3v) is 3.29. The van der Waals surface area contributed by atoms with E-state index in [1.807, 2.05) is 0 Å². The zero-order chi connectivity index (χ0) is 15.6. The Morgan fingerprint density at radius 2 is 2.05 bits per heavy atom. The molecule has 0 bridgehead atoms. The van der Waals surface area contributed by atoms with Gasteiger partial charge in [0, 0.05) is 19.1 Å². The Hall–Kier alpha value is -2.28. The number of fused-ring (bicyclic) bond motifs is 1. The van der Waals surface area contributed by atoms with Crippen LogP contribution in [0.15, 0.2) is 18.2 Å². The standard InChI is InChI=1S/C13H16ClN5O2/c1-18(12(20)7-19(2)13(15)21)6-11-16-9-4-3-8(14)5-10(9)17-11/h3-5H,6-7H2,1-2H3,(H2,15,21)(H,16,17). The molecule has 21 heavy (non-hydrogen) atoms. The van der Waals surface area contributed by atoms with E-state index < -0.39 is 6.03 Å². The van der Waals surface area contributed by atoms with Crippen LogP contribution < -0.4 is 5.73 Å². The Morgan fingerprint density at radius 1 is 1.33 bits per heavy atom. The summed E-state index contributed by atoms with van der Waals surface area (Å²) in [5.74, 6) is 0.416. The van der Waals surface area contributed by atoms with Crippen LogP contribution in [0.5, 0.6) is 0 Å². The number of primary amides is 1. The number of urea groups is 1. The topological polar surface area (TPSA) is 95.3 Å². The van der Waals surface area contributed by atoms with Gasteiger partial charge in [0.25, 0.3) is 0 Å². The first-order valence-corrected chi connectivity index (χ1v) is 6.63. The van der Waals surface area contributed by atoms with E-state index in [0.717, 1.165) is 15.9 Å². The number of nitrogens with one attached hydrogen (secondary N) is 1. The van der Waals surface area contributed by atoms with E-state index >= 15 is 0 Å². The number of nitrogens with zero attached hydrogens (tertiary/aromatic N) is 3. The smallest absolute Gasteiger partial charge is 0.314 e. The molecular formula is C13H16ClN5O2. The van der Waals surface area contributed by atoms with Crippen molar-refractivity contribution in [3.05, 3.63) is 29.0 Å². The van der Waals surface area contributed by atoms with Crippen LogP contribution in [-0.2, 0) is 11.3 Å². The minimum absolute atomic E-state index is 0.0715. The summed E-state index contributed by atoms with van der Waals surface area (Å²) in [6.45, 7) is 0.232. The third-order valence-electron chi connectivity index (χ3n) is 3.05. The molecule has 2 rings (SSSR count). The van der Waals surface area contributed by atoms with Crippen LogP contribution in [0.25, 0.3) is 11.0 Å². The number of carbonyl (C=O) groups is 2. The van der Waals surface area contributed by atoms with Gasteiger partial charge in [0.15, 0.2) is 0 Å². The molecule has 0 aliphatic rings. The lowest BCUT2D eigenvalue weighted by atomic mass is 10.3. The largest absolute Gasteiger partial charge is 0.351 e. The van der Waals surface area contributed by atoms with Gasteiger partial charge in [-0.15, -0.1) is 0 Å². The molecule has 0 radical (unpaired) electrons. The van der Waals surface area contributed by atoms with Gasteiger partial charge in [-0.1, -0.05) is 11.6 Å². The maximum absolute atomic E-state index is 11.9. The van der Waals surface area contributed by atoms with E-state index in [1.165, 1.54) is 11.9 Å². The van der Waals surface area contributed by atoms with Gasteiger partial charge >= 0.3 is 6.03 Å². The number of imidazole rings is 1. The van der Waals surface area contributed by atoms with Gasteiger partial charge in [-0.05, 0) is 18.2 Å². The number of hydrogen-bond acceptors (Lipinski definition) is 3. The first-order chi connectivity index (χ1) is 9.86. The molecule has 3 amide bonds. The number of carbonyl (C=O) groups excluding carboxylic acids is 2. The lowest BCUT2D eigenvalue weighted by molar-refractivity contribution is -0.130. The fourth-order valence-electron chi connectivity index (χ4n) is 1.82. The second kappa shape index (κ2) is 6.01. The summed E-state index contributed by atoms with van der Waals surface area (Å²) in [5.41, 5.74) is 6.68. The molecule has 1 heterocycles. The van der Waals surface area contributed by atoms with E-state index in [1.54, 1.807) is 25.2 Å². The predicted octanol–water partition coefficient (Wildman–Crippen LogP) is 1.19. The molecule has 0 unspecified atom stereocenters. The van der Waals surface area contributed by atoms with E-state index in [0.29, 0.717) is 17.4 Å². The second-order valence-electron chi connectivity index (χ2n) is 4.79. The average Bonchev–Trinajstić information content (AvgIpc) is 2.79. The monoisotopic (exact) mass is 309 g/mol. The summed E-state index contributed by atoms with van der Waals surface area (Å²) in [6.07, 6.45) is 0. The third kappa shape index (κ3) is 3.63. The number of aromatic nitrogens is 2. The SMILES string of the molecule is CN(CC(=O)N(C)Cc1nc2ccc(Cl)cc2[nH]1)C(N)=O. The van der Waals surface area contributed by atoms with Crippen LogP contribution in [0.1, 0.15) is 5.82 Å². The van der Waals surface area contributed by atoms with Crippen molar-refractivity contribution in [2.45, 2.75) is 6.54 Å². The number of likely N-dealkylation sites (N-methyl/N-ethyl adjacent to an activating group) is 2. The zero-order valence-electron chi connectivity index (χ0n) is 11.8. The number of H-pyrrole nitrogens is 1. The Labute approximate surface area is 126 Å². The molecule has 0 saturated heterocycles. The molecule has 1 aromatic carbocycles. The van der Waals surface area contributed by atoms with Crippen molar-refractivity contribution in [1.29, 1.82) is 0 Å². The molecular weight excluding hydrogens is 294 g/mol. The fourth-order valence-corrected chi connectivity index (χ4v) is 2.00. The van der Waals surface area contributed by atoms with Crippen molar-refractivity contribution in [3.8, 4) is 0 Å². The van der Waals surface area contributed by atoms with E-state index in [2.05, 4.69) is 9.97 Å². The molecule has 0 atom stereocenters. The highest BCUT2D eigenvalue weighted by atomic mass is 35.5. The van der Waals surface area contributed by atoms with Crippen LogP contribution in [0.2, 0.25) is 5.02 Å². The van der Waals surface area contributed by atoms with Crippen molar-refractivity contribution >= 4 is 34.6 Å². The van der Waals surface area contributed by atoms with Crippen molar-refractivity contribution in [2.24, 2.45) is 5.73 Å².